The predicted octanol–water partition coefficient (Wildman–Crippen LogP) is 2.10. The lowest BCUT2D eigenvalue weighted by molar-refractivity contribution is -0.137. The van der Waals surface area contributed by atoms with Gasteiger partial charge in [0, 0.05) is 26.4 Å². The summed E-state index contributed by atoms with van der Waals surface area (Å²) < 4.78 is 42.1. The number of nitriles is 1. The zero-order valence-corrected chi connectivity index (χ0v) is 11.4. The molecule has 0 fully saturated rings. The first-order chi connectivity index (χ1) is 9.90. The topological polar surface area (TPSA) is 66.2 Å². The molecule has 1 aromatic rings. The third kappa shape index (κ3) is 5.04. The van der Waals surface area contributed by atoms with Crippen LogP contribution in [0.25, 0.3) is 0 Å². The summed E-state index contributed by atoms with van der Waals surface area (Å²) >= 11 is 0. The second-order valence-electron chi connectivity index (χ2n) is 4.12. The van der Waals surface area contributed by atoms with Crippen LogP contribution in [-0.4, -0.2) is 42.6 Å². The molecule has 0 saturated carbocycles. The van der Waals surface area contributed by atoms with Crippen LogP contribution >= 0.6 is 0 Å². The maximum absolute atomic E-state index is 12.4. The van der Waals surface area contributed by atoms with Crippen LogP contribution in [0.5, 0.6) is 0 Å². The van der Waals surface area contributed by atoms with Crippen LogP contribution in [0.3, 0.4) is 0 Å². The summed E-state index contributed by atoms with van der Waals surface area (Å²) in [7, 11) is 1.46. The average molecular weight is 301 g/mol. The van der Waals surface area contributed by atoms with Gasteiger partial charge in [-0.3, -0.25) is 9.78 Å². The van der Waals surface area contributed by atoms with E-state index < -0.39 is 17.6 Å². The SMILES string of the molecule is COCCN(CCC#N)C(=O)c1ccc(C(F)(F)F)cn1. The van der Waals surface area contributed by atoms with Gasteiger partial charge in [-0.15, -0.1) is 0 Å². The van der Waals surface area contributed by atoms with Gasteiger partial charge in [0.05, 0.1) is 24.7 Å². The molecule has 0 atom stereocenters. The van der Waals surface area contributed by atoms with E-state index in [2.05, 4.69) is 4.98 Å². The normalized spacial score (nSPS) is 11.0. The number of hydrogen-bond acceptors (Lipinski definition) is 4. The van der Waals surface area contributed by atoms with Gasteiger partial charge in [-0.2, -0.15) is 18.4 Å². The fourth-order valence-electron chi connectivity index (χ4n) is 1.55. The first kappa shape index (κ1) is 16.9. The number of ether oxygens (including phenoxy) is 1. The fourth-order valence-corrected chi connectivity index (χ4v) is 1.55. The van der Waals surface area contributed by atoms with Gasteiger partial charge >= 0.3 is 6.18 Å². The van der Waals surface area contributed by atoms with Gasteiger partial charge in [0.1, 0.15) is 5.69 Å². The molecule has 0 aromatic carbocycles. The monoisotopic (exact) mass is 301 g/mol. The van der Waals surface area contributed by atoms with Gasteiger partial charge in [0.2, 0.25) is 0 Å². The Morgan fingerprint density at radius 1 is 1.43 bits per heavy atom. The molecule has 0 bridgehead atoms. The number of halogens is 3. The summed E-state index contributed by atoms with van der Waals surface area (Å²) in [5, 5.41) is 8.56. The third-order valence-corrected chi connectivity index (χ3v) is 2.66. The molecule has 1 rings (SSSR count). The van der Waals surface area contributed by atoms with Crippen LogP contribution in [0.2, 0.25) is 0 Å². The molecule has 0 radical (unpaired) electrons. The second-order valence-corrected chi connectivity index (χ2v) is 4.12. The molecule has 0 aliphatic heterocycles. The molecule has 8 heteroatoms. The van der Waals surface area contributed by atoms with Crippen molar-refractivity contribution in [3.8, 4) is 6.07 Å². The van der Waals surface area contributed by atoms with Gasteiger partial charge in [0.25, 0.3) is 5.91 Å². The molecule has 0 unspecified atom stereocenters. The van der Waals surface area contributed by atoms with E-state index in [0.29, 0.717) is 6.20 Å². The largest absolute Gasteiger partial charge is 0.417 e. The fraction of sp³-hybridized carbons (Fsp3) is 0.462. The van der Waals surface area contributed by atoms with Gasteiger partial charge in [-0.1, -0.05) is 0 Å². The first-order valence-corrected chi connectivity index (χ1v) is 6.08. The van der Waals surface area contributed by atoms with Crippen molar-refractivity contribution >= 4 is 5.91 Å². The summed E-state index contributed by atoms with van der Waals surface area (Å²) in [5.41, 5.74) is -1.02. The first-order valence-electron chi connectivity index (χ1n) is 6.08. The molecule has 0 aliphatic rings. The summed E-state index contributed by atoms with van der Waals surface area (Å²) in [6.07, 6.45) is -3.76. The molecule has 5 nitrogen and oxygen atoms in total. The Bertz CT molecular complexity index is 509. The number of rotatable bonds is 6. The molecule has 1 heterocycles. The Labute approximate surface area is 119 Å². The number of methoxy groups -OCH3 is 1. The van der Waals surface area contributed by atoms with Crippen molar-refractivity contribution in [2.45, 2.75) is 12.6 Å². The number of hydrogen-bond donors (Lipinski definition) is 0. The number of carbonyl (C=O) groups is 1. The number of nitrogens with zero attached hydrogens (tertiary/aromatic N) is 3. The zero-order chi connectivity index (χ0) is 15.9. The summed E-state index contributed by atoms with van der Waals surface area (Å²) in [5.74, 6) is -0.531. The number of pyridine rings is 1. The minimum atomic E-state index is -4.49. The van der Waals surface area contributed by atoms with Crippen LogP contribution in [0, 0.1) is 11.3 Å². The van der Waals surface area contributed by atoms with Crippen LogP contribution in [-0.2, 0) is 10.9 Å². The molecule has 114 valence electrons. The average Bonchev–Trinajstić information content (AvgIpc) is 2.46. The molecule has 0 N–H and O–H groups in total. The van der Waals surface area contributed by atoms with E-state index in [1.165, 1.54) is 12.0 Å². The Kier molecular flexibility index (Phi) is 6.11. The maximum Gasteiger partial charge on any atom is 0.417 e. The van der Waals surface area contributed by atoms with E-state index in [0.717, 1.165) is 12.1 Å². The zero-order valence-electron chi connectivity index (χ0n) is 11.4. The minimum absolute atomic E-state index is 0.1000. The summed E-state index contributed by atoms with van der Waals surface area (Å²) in [4.78, 5) is 17.0. The molecule has 0 saturated heterocycles. The smallest absolute Gasteiger partial charge is 0.383 e. The van der Waals surface area contributed by atoms with Crippen molar-refractivity contribution in [1.29, 1.82) is 5.26 Å². The van der Waals surface area contributed by atoms with E-state index >= 15 is 0 Å². The highest BCUT2D eigenvalue weighted by Crippen LogP contribution is 2.28. The van der Waals surface area contributed by atoms with Gasteiger partial charge in [0.15, 0.2) is 0 Å². The van der Waals surface area contributed by atoms with Crippen LogP contribution in [0.4, 0.5) is 13.2 Å². The van der Waals surface area contributed by atoms with Crippen molar-refractivity contribution < 1.29 is 22.7 Å². The van der Waals surface area contributed by atoms with Crippen molar-refractivity contribution in [2.24, 2.45) is 0 Å². The lowest BCUT2D eigenvalue weighted by Crippen LogP contribution is -2.35. The number of aromatic nitrogens is 1. The quantitative estimate of drug-likeness (QED) is 0.807. The van der Waals surface area contributed by atoms with E-state index in [9.17, 15) is 18.0 Å². The predicted molar refractivity (Wildman–Crippen MR) is 67.2 cm³/mol. The lowest BCUT2D eigenvalue weighted by Gasteiger charge is -2.20. The molecular weight excluding hydrogens is 287 g/mol. The van der Waals surface area contributed by atoms with Crippen molar-refractivity contribution in [1.82, 2.24) is 9.88 Å². The number of carbonyl (C=O) groups excluding carboxylic acids is 1. The van der Waals surface area contributed by atoms with E-state index in [-0.39, 0.29) is 31.8 Å². The van der Waals surface area contributed by atoms with E-state index in [1.54, 1.807) is 0 Å². The standard InChI is InChI=1S/C13H14F3N3O2/c1-21-8-7-19(6-2-5-17)12(20)11-4-3-10(9-18-11)13(14,15)16/h3-4,9H,2,6-8H2,1H3. The molecule has 0 aliphatic carbocycles. The van der Waals surface area contributed by atoms with Crippen molar-refractivity contribution in [3.05, 3.63) is 29.6 Å². The Hall–Kier alpha value is -2.14. The van der Waals surface area contributed by atoms with Gasteiger partial charge in [-0.25, -0.2) is 0 Å². The molecular formula is C13H14F3N3O2. The molecule has 1 amide bonds. The van der Waals surface area contributed by atoms with Gasteiger partial charge in [-0.05, 0) is 12.1 Å². The van der Waals surface area contributed by atoms with E-state index in [1.807, 2.05) is 6.07 Å². The van der Waals surface area contributed by atoms with Gasteiger partial charge < -0.3 is 9.64 Å². The highest BCUT2D eigenvalue weighted by Gasteiger charge is 2.31. The maximum atomic E-state index is 12.4. The van der Waals surface area contributed by atoms with Crippen LogP contribution in [0.15, 0.2) is 18.3 Å². The second kappa shape index (κ2) is 7.59. The third-order valence-electron chi connectivity index (χ3n) is 2.66. The van der Waals surface area contributed by atoms with Crippen molar-refractivity contribution in [3.63, 3.8) is 0 Å². The minimum Gasteiger partial charge on any atom is -0.383 e. The number of alkyl halides is 3. The molecule has 0 spiro atoms. The number of amides is 1. The Balaban J connectivity index is 2.85. The highest BCUT2D eigenvalue weighted by atomic mass is 19.4. The molecule has 1 aromatic heterocycles. The van der Waals surface area contributed by atoms with E-state index in [4.69, 9.17) is 10.00 Å². The lowest BCUT2D eigenvalue weighted by atomic mass is 10.2. The molecule has 21 heavy (non-hydrogen) atoms. The van der Waals surface area contributed by atoms with Crippen LogP contribution < -0.4 is 0 Å². The van der Waals surface area contributed by atoms with Crippen molar-refractivity contribution in [2.75, 3.05) is 26.8 Å². The highest BCUT2D eigenvalue weighted by molar-refractivity contribution is 5.92. The van der Waals surface area contributed by atoms with Crippen LogP contribution in [0.1, 0.15) is 22.5 Å². The Morgan fingerprint density at radius 3 is 2.62 bits per heavy atom. The Morgan fingerprint density at radius 2 is 2.14 bits per heavy atom. The summed E-state index contributed by atoms with van der Waals surface area (Å²) in [6, 6.07) is 3.74. The summed E-state index contributed by atoms with van der Waals surface area (Å²) in [6.45, 7) is 0.666.